The maximum Gasteiger partial charge on any atom is 0.307 e. The first-order valence-corrected chi connectivity index (χ1v) is 5.39. The summed E-state index contributed by atoms with van der Waals surface area (Å²) in [5, 5.41) is 19.2. The smallest absolute Gasteiger partial charge is 0.307 e. The van der Waals surface area contributed by atoms with E-state index in [4.69, 9.17) is 5.11 Å². The van der Waals surface area contributed by atoms with Crippen molar-refractivity contribution in [2.45, 2.75) is 12.8 Å². The highest BCUT2D eigenvalue weighted by molar-refractivity contribution is 5.84. The summed E-state index contributed by atoms with van der Waals surface area (Å²) in [6, 6.07) is 8.86. The number of benzene rings is 1. The molecule has 0 aliphatic rings. The molecule has 6 nitrogen and oxygen atoms in total. The highest BCUT2D eigenvalue weighted by Crippen LogP contribution is 2.13. The first-order valence-electron chi connectivity index (χ1n) is 5.39. The zero-order chi connectivity index (χ0) is 13.5. The third kappa shape index (κ3) is 4.73. The van der Waals surface area contributed by atoms with Crippen LogP contribution < -0.4 is 0 Å². The fourth-order valence-corrected chi connectivity index (χ4v) is 1.63. The molecule has 0 fully saturated rings. The predicted molar refractivity (Wildman–Crippen MR) is 62.8 cm³/mol. The van der Waals surface area contributed by atoms with Crippen LogP contribution in [0, 0.1) is 16.0 Å². The normalized spacial score (nSPS) is 11.8. The van der Waals surface area contributed by atoms with Crippen LogP contribution in [0.5, 0.6) is 0 Å². The lowest BCUT2D eigenvalue weighted by atomic mass is 9.94. The van der Waals surface area contributed by atoms with Gasteiger partial charge in [-0.1, -0.05) is 30.3 Å². The van der Waals surface area contributed by atoms with Gasteiger partial charge in [0.05, 0.1) is 5.92 Å². The number of hydrogen-bond acceptors (Lipinski definition) is 4. The van der Waals surface area contributed by atoms with Crippen LogP contribution >= 0.6 is 0 Å². The quantitative estimate of drug-likeness (QED) is 0.579. The second-order valence-electron chi connectivity index (χ2n) is 3.96. The summed E-state index contributed by atoms with van der Waals surface area (Å²) >= 11 is 0. The Hall–Kier alpha value is -2.24. The Morgan fingerprint density at radius 1 is 1.28 bits per heavy atom. The zero-order valence-corrected chi connectivity index (χ0v) is 9.61. The molecule has 0 aliphatic heterocycles. The van der Waals surface area contributed by atoms with E-state index in [9.17, 15) is 19.7 Å². The number of carbonyl (C=O) groups is 2. The summed E-state index contributed by atoms with van der Waals surface area (Å²) in [6.45, 7) is -0.821. The molecule has 0 spiro atoms. The minimum Gasteiger partial charge on any atom is -0.481 e. The minimum absolute atomic E-state index is 0.194. The van der Waals surface area contributed by atoms with Gasteiger partial charge in [-0.25, -0.2) is 0 Å². The molecule has 0 amide bonds. The van der Waals surface area contributed by atoms with Gasteiger partial charge in [-0.05, 0) is 12.0 Å². The van der Waals surface area contributed by atoms with Gasteiger partial charge in [-0.3, -0.25) is 19.7 Å². The van der Waals surface area contributed by atoms with Crippen LogP contribution in [0.25, 0.3) is 0 Å². The van der Waals surface area contributed by atoms with Gasteiger partial charge in [-0.2, -0.15) is 0 Å². The number of Topliss-reactive ketones (excluding diaryl/α,β-unsaturated/α-hetero) is 1. The number of carboxylic acid groups (broad SMARTS) is 1. The Labute approximate surface area is 103 Å². The first-order chi connectivity index (χ1) is 8.49. The van der Waals surface area contributed by atoms with E-state index >= 15 is 0 Å². The lowest BCUT2D eigenvalue weighted by molar-refractivity contribution is -0.467. The van der Waals surface area contributed by atoms with Crippen LogP contribution in [0.2, 0.25) is 0 Å². The summed E-state index contributed by atoms with van der Waals surface area (Å²) < 4.78 is 0. The lowest BCUT2D eigenvalue weighted by Crippen LogP contribution is -2.24. The van der Waals surface area contributed by atoms with Gasteiger partial charge >= 0.3 is 5.97 Å². The third-order valence-electron chi connectivity index (χ3n) is 2.45. The van der Waals surface area contributed by atoms with Gasteiger partial charge in [0, 0.05) is 11.3 Å². The molecule has 0 radical (unpaired) electrons. The summed E-state index contributed by atoms with van der Waals surface area (Å²) in [4.78, 5) is 31.7. The summed E-state index contributed by atoms with van der Waals surface area (Å²) in [7, 11) is 0. The highest BCUT2D eigenvalue weighted by atomic mass is 16.6. The molecule has 0 aromatic heterocycles. The minimum atomic E-state index is -1.12. The average molecular weight is 251 g/mol. The van der Waals surface area contributed by atoms with E-state index in [-0.39, 0.29) is 12.8 Å². The lowest BCUT2D eigenvalue weighted by Gasteiger charge is -2.10. The van der Waals surface area contributed by atoms with E-state index in [0.717, 1.165) is 5.56 Å². The highest BCUT2D eigenvalue weighted by Gasteiger charge is 2.23. The molecule has 96 valence electrons. The van der Waals surface area contributed by atoms with Crippen molar-refractivity contribution < 1.29 is 19.6 Å². The monoisotopic (exact) mass is 251 g/mol. The number of aliphatic carboxylic acids is 1. The zero-order valence-electron chi connectivity index (χ0n) is 9.61. The molecule has 0 aliphatic carbocycles. The Morgan fingerprint density at radius 3 is 2.39 bits per heavy atom. The molecule has 1 rings (SSSR count). The standard InChI is InChI=1S/C12H13NO5/c14-11(8-13(17)18)7-10(12(15)16)6-9-4-2-1-3-5-9/h1-5,10H,6-8H2,(H,15,16). The van der Waals surface area contributed by atoms with E-state index < -0.39 is 29.1 Å². The molecule has 0 bridgehead atoms. The van der Waals surface area contributed by atoms with Crippen molar-refractivity contribution in [2.75, 3.05) is 6.54 Å². The van der Waals surface area contributed by atoms with Crippen molar-refractivity contribution in [3.63, 3.8) is 0 Å². The molecule has 0 saturated carbocycles. The summed E-state index contributed by atoms with van der Waals surface area (Å²) in [5.74, 6) is -2.70. The molecule has 0 heterocycles. The van der Waals surface area contributed by atoms with Crippen LogP contribution in [-0.4, -0.2) is 28.3 Å². The van der Waals surface area contributed by atoms with Crippen LogP contribution in [0.3, 0.4) is 0 Å². The number of rotatable bonds is 7. The van der Waals surface area contributed by atoms with Gasteiger partial charge in [0.1, 0.15) is 0 Å². The largest absolute Gasteiger partial charge is 0.481 e. The topological polar surface area (TPSA) is 97.5 Å². The van der Waals surface area contributed by atoms with E-state index in [2.05, 4.69) is 0 Å². The molecular weight excluding hydrogens is 238 g/mol. The maximum atomic E-state index is 11.3. The Morgan fingerprint density at radius 2 is 1.89 bits per heavy atom. The summed E-state index contributed by atoms with van der Waals surface area (Å²) in [5.41, 5.74) is 0.791. The molecule has 1 aromatic carbocycles. The van der Waals surface area contributed by atoms with Crippen molar-refractivity contribution in [3.8, 4) is 0 Å². The summed E-state index contributed by atoms with van der Waals surface area (Å²) in [6.07, 6.45) is -0.120. The molecule has 1 atom stereocenters. The van der Waals surface area contributed by atoms with Crippen molar-refractivity contribution in [3.05, 3.63) is 46.0 Å². The number of hydrogen-bond donors (Lipinski definition) is 1. The Bertz CT molecular complexity index is 443. The number of carboxylic acids is 1. The number of nitrogens with zero attached hydrogens (tertiary/aromatic N) is 1. The van der Waals surface area contributed by atoms with E-state index in [1.807, 2.05) is 0 Å². The second kappa shape index (κ2) is 6.48. The van der Waals surface area contributed by atoms with Crippen LogP contribution in [-0.2, 0) is 16.0 Å². The molecule has 0 saturated heterocycles. The molecule has 18 heavy (non-hydrogen) atoms. The Balaban J connectivity index is 2.64. The van der Waals surface area contributed by atoms with Gasteiger partial charge in [0.2, 0.25) is 5.78 Å². The third-order valence-corrected chi connectivity index (χ3v) is 2.45. The number of nitro groups is 1. The van der Waals surface area contributed by atoms with Crippen molar-refractivity contribution in [1.82, 2.24) is 0 Å². The maximum absolute atomic E-state index is 11.3. The van der Waals surface area contributed by atoms with Gasteiger partial charge in [-0.15, -0.1) is 0 Å². The van der Waals surface area contributed by atoms with Crippen LogP contribution in [0.4, 0.5) is 0 Å². The van der Waals surface area contributed by atoms with Crippen molar-refractivity contribution >= 4 is 11.8 Å². The van der Waals surface area contributed by atoms with Gasteiger partial charge in [0.15, 0.2) is 0 Å². The van der Waals surface area contributed by atoms with Crippen LogP contribution in [0.15, 0.2) is 30.3 Å². The van der Waals surface area contributed by atoms with Crippen LogP contribution in [0.1, 0.15) is 12.0 Å². The Kier molecular flexibility index (Phi) is 4.98. The molecule has 6 heteroatoms. The van der Waals surface area contributed by atoms with Gasteiger partial charge in [0.25, 0.3) is 6.54 Å². The predicted octanol–water partition coefficient (Wildman–Crippen LogP) is 1.17. The van der Waals surface area contributed by atoms with Crippen molar-refractivity contribution in [2.24, 2.45) is 5.92 Å². The molecular formula is C12H13NO5. The van der Waals surface area contributed by atoms with Gasteiger partial charge < -0.3 is 5.11 Å². The molecule has 1 N–H and O–H groups in total. The number of carbonyl (C=O) groups excluding carboxylic acids is 1. The average Bonchev–Trinajstić information content (AvgIpc) is 2.28. The second-order valence-corrected chi connectivity index (χ2v) is 3.96. The first kappa shape index (κ1) is 13.8. The fourth-order valence-electron chi connectivity index (χ4n) is 1.63. The van der Waals surface area contributed by atoms with E-state index in [0.29, 0.717) is 0 Å². The molecule has 1 aromatic rings. The fraction of sp³-hybridized carbons (Fsp3) is 0.333. The molecule has 1 unspecified atom stereocenters. The number of ketones is 1. The van der Waals surface area contributed by atoms with Crippen molar-refractivity contribution in [1.29, 1.82) is 0 Å². The van der Waals surface area contributed by atoms with E-state index in [1.54, 1.807) is 30.3 Å². The SMILES string of the molecule is O=C(CC(Cc1ccccc1)C(=O)O)C[N+](=O)[O-]. The van der Waals surface area contributed by atoms with E-state index in [1.165, 1.54) is 0 Å².